The average molecular weight is 340 g/mol. The molecule has 3 heterocycles. The number of nitrogens with zero attached hydrogens (tertiary/aromatic N) is 2. The van der Waals surface area contributed by atoms with Crippen LogP contribution in [0.25, 0.3) is 16.2 Å². The van der Waals surface area contributed by atoms with Crippen LogP contribution in [-0.2, 0) is 6.54 Å². The van der Waals surface area contributed by atoms with Crippen molar-refractivity contribution in [1.29, 1.82) is 0 Å². The van der Waals surface area contributed by atoms with Gasteiger partial charge in [0.05, 0.1) is 4.88 Å². The number of pyridine rings is 1. The third kappa shape index (κ3) is 2.83. The number of thiophene rings is 1. The molecule has 4 rings (SSSR count). The fourth-order valence-electron chi connectivity index (χ4n) is 2.58. The van der Waals surface area contributed by atoms with Crippen LogP contribution in [-0.4, -0.2) is 9.38 Å². The fraction of sp³-hybridized carbons (Fsp3) is 0.0556. The second-order valence-corrected chi connectivity index (χ2v) is 6.58. The van der Waals surface area contributed by atoms with Crippen molar-refractivity contribution in [3.63, 3.8) is 0 Å². The zero-order chi connectivity index (χ0) is 15.6. The Morgan fingerprint density at radius 1 is 1.09 bits per heavy atom. The van der Waals surface area contributed by atoms with Gasteiger partial charge in [-0.05, 0) is 41.3 Å². The summed E-state index contributed by atoms with van der Waals surface area (Å²) >= 11 is 7.76. The van der Waals surface area contributed by atoms with Crippen molar-refractivity contribution < 1.29 is 0 Å². The molecule has 0 spiro atoms. The first-order valence-electron chi connectivity index (χ1n) is 7.30. The van der Waals surface area contributed by atoms with Gasteiger partial charge in [0, 0.05) is 17.8 Å². The van der Waals surface area contributed by atoms with Gasteiger partial charge >= 0.3 is 0 Å². The quantitative estimate of drug-likeness (QED) is 0.544. The van der Waals surface area contributed by atoms with E-state index in [1.807, 2.05) is 48.7 Å². The molecule has 0 aliphatic rings. The second kappa shape index (κ2) is 6.07. The highest BCUT2D eigenvalue weighted by atomic mass is 35.5. The molecule has 4 aromatic rings. The molecule has 0 fully saturated rings. The minimum Gasteiger partial charge on any atom is -0.365 e. The smallest absolute Gasteiger partial charge is 0.139 e. The molecule has 0 unspecified atom stereocenters. The summed E-state index contributed by atoms with van der Waals surface area (Å²) in [7, 11) is 0. The number of anilines is 1. The molecule has 3 nitrogen and oxygen atoms in total. The van der Waals surface area contributed by atoms with Gasteiger partial charge in [-0.2, -0.15) is 0 Å². The Morgan fingerprint density at radius 2 is 2.04 bits per heavy atom. The first-order valence-corrected chi connectivity index (χ1v) is 8.56. The van der Waals surface area contributed by atoms with Crippen molar-refractivity contribution in [1.82, 2.24) is 9.38 Å². The molecule has 5 heteroatoms. The van der Waals surface area contributed by atoms with Crippen LogP contribution in [0.2, 0.25) is 5.02 Å². The van der Waals surface area contributed by atoms with Crippen molar-refractivity contribution in [2.75, 3.05) is 5.32 Å². The number of hydrogen-bond acceptors (Lipinski definition) is 3. The zero-order valence-corrected chi connectivity index (χ0v) is 13.8. The summed E-state index contributed by atoms with van der Waals surface area (Å²) in [6.45, 7) is 0.696. The lowest BCUT2D eigenvalue weighted by Gasteiger charge is -2.08. The van der Waals surface area contributed by atoms with Crippen LogP contribution < -0.4 is 5.32 Å². The molecule has 23 heavy (non-hydrogen) atoms. The lowest BCUT2D eigenvalue weighted by Crippen LogP contribution is -2.03. The molecule has 0 radical (unpaired) electrons. The van der Waals surface area contributed by atoms with Gasteiger partial charge in [0.15, 0.2) is 0 Å². The minimum atomic E-state index is 0.696. The Labute approximate surface area is 143 Å². The van der Waals surface area contributed by atoms with Gasteiger partial charge in [0.2, 0.25) is 0 Å². The van der Waals surface area contributed by atoms with Crippen molar-refractivity contribution in [2.24, 2.45) is 0 Å². The van der Waals surface area contributed by atoms with Crippen LogP contribution in [0.5, 0.6) is 0 Å². The number of hydrogen-bond donors (Lipinski definition) is 1. The summed E-state index contributed by atoms with van der Waals surface area (Å²) in [5.41, 5.74) is 3.05. The van der Waals surface area contributed by atoms with Gasteiger partial charge in [0.1, 0.15) is 17.2 Å². The molecule has 0 saturated heterocycles. The van der Waals surface area contributed by atoms with E-state index in [0.29, 0.717) is 6.54 Å². The lowest BCUT2D eigenvalue weighted by atomic mass is 10.2. The van der Waals surface area contributed by atoms with Crippen LogP contribution >= 0.6 is 22.9 Å². The molecule has 114 valence electrons. The highest BCUT2D eigenvalue weighted by Crippen LogP contribution is 2.32. The normalized spacial score (nSPS) is 11.0. The largest absolute Gasteiger partial charge is 0.365 e. The van der Waals surface area contributed by atoms with Crippen LogP contribution in [0.1, 0.15) is 5.56 Å². The van der Waals surface area contributed by atoms with Crippen LogP contribution in [0, 0.1) is 0 Å². The van der Waals surface area contributed by atoms with Gasteiger partial charge in [0.25, 0.3) is 0 Å². The monoisotopic (exact) mass is 339 g/mol. The van der Waals surface area contributed by atoms with E-state index in [-0.39, 0.29) is 0 Å². The predicted molar refractivity (Wildman–Crippen MR) is 97.3 cm³/mol. The van der Waals surface area contributed by atoms with E-state index in [9.17, 15) is 0 Å². The maximum absolute atomic E-state index is 6.07. The predicted octanol–water partition coefficient (Wildman–Crippen LogP) is 5.33. The molecule has 0 atom stereocenters. The molecule has 0 aliphatic heterocycles. The SMILES string of the molecule is Clc1cccc(CNc2c(-c3cccs3)nc3ccccn23)c1. The molecule has 0 bridgehead atoms. The van der Waals surface area contributed by atoms with Crippen molar-refractivity contribution >= 4 is 34.4 Å². The Bertz CT molecular complexity index is 944. The second-order valence-electron chi connectivity index (χ2n) is 5.20. The summed E-state index contributed by atoms with van der Waals surface area (Å²) in [6, 6.07) is 18.1. The van der Waals surface area contributed by atoms with Crippen LogP contribution in [0.3, 0.4) is 0 Å². The number of nitrogens with one attached hydrogen (secondary N) is 1. The summed E-state index contributed by atoms with van der Waals surface area (Å²) in [5, 5.41) is 6.34. The molecule has 1 aromatic carbocycles. The molecule has 0 aliphatic carbocycles. The third-order valence-electron chi connectivity index (χ3n) is 3.63. The van der Waals surface area contributed by atoms with Gasteiger partial charge in [-0.3, -0.25) is 4.40 Å². The highest BCUT2D eigenvalue weighted by Gasteiger charge is 2.14. The van der Waals surface area contributed by atoms with Gasteiger partial charge in [-0.25, -0.2) is 4.98 Å². The van der Waals surface area contributed by atoms with E-state index in [1.54, 1.807) is 11.3 Å². The first-order chi connectivity index (χ1) is 11.3. The lowest BCUT2D eigenvalue weighted by molar-refractivity contribution is 1.08. The van der Waals surface area contributed by atoms with E-state index in [0.717, 1.165) is 32.6 Å². The summed E-state index contributed by atoms with van der Waals surface area (Å²) in [5.74, 6) is 1.00. The van der Waals surface area contributed by atoms with E-state index in [4.69, 9.17) is 16.6 Å². The Kier molecular flexibility index (Phi) is 3.77. The van der Waals surface area contributed by atoms with Gasteiger partial charge in [-0.1, -0.05) is 35.9 Å². The zero-order valence-electron chi connectivity index (χ0n) is 12.2. The Balaban J connectivity index is 1.74. The Morgan fingerprint density at radius 3 is 2.87 bits per heavy atom. The number of rotatable bonds is 4. The van der Waals surface area contributed by atoms with Crippen LogP contribution in [0.15, 0.2) is 66.2 Å². The number of benzene rings is 1. The number of aromatic nitrogens is 2. The van der Waals surface area contributed by atoms with Crippen molar-refractivity contribution in [2.45, 2.75) is 6.54 Å². The Hall–Kier alpha value is -2.30. The summed E-state index contributed by atoms with van der Waals surface area (Å²) < 4.78 is 2.08. The summed E-state index contributed by atoms with van der Waals surface area (Å²) in [6.07, 6.45) is 2.03. The van der Waals surface area contributed by atoms with Crippen molar-refractivity contribution in [3.05, 3.63) is 76.8 Å². The van der Waals surface area contributed by atoms with Crippen LogP contribution in [0.4, 0.5) is 5.82 Å². The van der Waals surface area contributed by atoms with E-state index < -0.39 is 0 Å². The molecule has 1 N–H and O–H groups in total. The van der Waals surface area contributed by atoms with E-state index in [1.165, 1.54) is 0 Å². The molecule has 0 amide bonds. The number of halogens is 1. The van der Waals surface area contributed by atoms with E-state index >= 15 is 0 Å². The van der Waals surface area contributed by atoms with Crippen molar-refractivity contribution in [3.8, 4) is 10.6 Å². The molecule has 3 aromatic heterocycles. The summed E-state index contributed by atoms with van der Waals surface area (Å²) in [4.78, 5) is 5.92. The fourth-order valence-corrected chi connectivity index (χ4v) is 3.51. The van der Waals surface area contributed by atoms with E-state index in [2.05, 4.69) is 27.2 Å². The van der Waals surface area contributed by atoms with Gasteiger partial charge < -0.3 is 5.32 Å². The van der Waals surface area contributed by atoms with Gasteiger partial charge in [-0.15, -0.1) is 11.3 Å². The first kappa shape index (κ1) is 14.3. The molecular formula is C18H14ClN3S. The number of fused-ring (bicyclic) bond motifs is 1. The third-order valence-corrected chi connectivity index (χ3v) is 4.75. The number of imidazole rings is 1. The molecule has 0 saturated carbocycles. The average Bonchev–Trinajstić information content (AvgIpc) is 3.20. The molecular weight excluding hydrogens is 326 g/mol. The maximum atomic E-state index is 6.07. The minimum absolute atomic E-state index is 0.696. The topological polar surface area (TPSA) is 29.3 Å². The standard InChI is InChI=1S/C18H14ClN3S/c19-14-6-3-5-13(11-14)12-20-18-17(15-7-4-10-23-15)21-16-8-1-2-9-22(16)18/h1-11,20H,12H2. The highest BCUT2D eigenvalue weighted by molar-refractivity contribution is 7.13. The maximum Gasteiger partial charge on any atom is 0.139 e.